The van der Waals surface area contributed by atoms with Gasteiger partial charge in [-0.3, -0.25) is 0 Å². The molecule has 0 unspecified atom stereocenters. The Morgan fingerprint density at radius 3 is 2.48 bits per heavy atom. The SMILES string of the molecule is CCOC(=O)N1CCN(c2cc(C)nc(Nc3ccccc3C(C)(C)C)n2)CC1. The molecule has 0 atom stereocenters. The highest BCUT2D eigenvalue weighted by Gasteiger charge is 2.23. The molecule has 1 aromatic carbocycles. The van der Waals surface area contributed by atoms with E-state index in [4.69, 9.17) is 9.72 Å². The van der Waals surface area contributed by atoms with Gasteiger partial charge in [0.1, 0.15) is 5.82 Å². The standard InChI is InChI=1S/C22H31N5O2/c1-6-29-21(28)27-13-11-26(12-14-27)19-15-16(2)23-20(25-19)24-18-10-8-7-9-17(18)22(3,4)5/h7-10,15H,6,11-14H2,1-5H3,(H,23,24,25). The van der Waals surface area contributed by atoms with Crippen LogP contribution in [0.4, 0.5) is 22.2 Å². The lowest BCUT2D eigenvalue weighted by molar-refractivity contribution is 0.105. The second kappa shape index (κ2) is 8.68. The van der Waals surface area contributed by atoms with Gasteiger partial charge < -0.3 is 19.9 Å². The van der Waals surface area contributed by atoms with Gasteiger partial charge in [-0.05, 0) is 30.9 Å². The molecule has 7 heteroatoms. The minimum atomic E-state index is -0.243. The van der Waals surface area contributed by atoms with E-state index < -0.39 is 0 Å². The molecule has 29 heavy (non-hydrogen) atoms. The number of aromatic nitrogens is 2. The number of aryl methyl sites for hydroxylation is 1. The van der Waals surface area contributed by atoms with Gasteiger partial charge in [-0.1, -0.05) is 39.0 Å². The van der Waals surface area contributed by atoms with Crippen molar-refractivity contribution in [1.29, 1.82) is 0 Å². The van der Waals surface area contributed by atoms with Gasteiger partial charge in [0.05, 0.1) is 6.61 Å². The minimum Gasteiger partial charge on any atom is -0.450 e. The second-order valence-corrected chi connectivity index (χ2v) is 8.28. The summed E-state index contributed by atoms with van der Waals surface area (Å²) in [5.74, 6) is 1.46. The van der Waals surface area contributed by atoms with Gasteiger partial charge in [-0.25, -0.2) is 9.78 Å². The van der Waals surface area contributed by atoms with Crippen molar-refractivity contribution >= 4 is 23.5 Å². The Morgan fingerprint density at radius 2 is 1.83 bits per heavy atom. The molecule has 1 amide bonds. The number of rotatable bonds is 4. The molecular formula is C22H31N5O2. The summed E-state index contributed by atoms with van der Waals surface area (Å²) in [5, 5.41) is 3.41. The number of nitrogens with one attached hydrogen (secondary N) is 1. The quantitative estimate of drug-likeness (QED) is 0.837. The van der Waals surface area contributed by atoms with Crippen molar-refractivity contribution in [2.75, 3.05) is 43.0 Å². The van der Waals surface area contributed by atoms with E-state index in [1.807, 2.05) is 26.0 Å². The van der Waals surface area contributed by atoms with Crippen molar-refractivity contribution in [1.82, 2.24) is 14.9 Å². The summed E-state index contributed by atoms with van der Waals surface area (Å²) in [6.07, 6.45) is -0.243. The Morgan fingerprint density at radius 1 is 1.14 bits per heavy atom. The molecule has 0 spiro atoms. The lowest BCUT2D eigenvalue weighted by atomic mass is 9.86. The van der Waals surface area contributed by atoms with E-state index in [0.29, 0.717) is 38.7 Å². The Balaban J connectivity index is 1.76. The van der Waals surface area contributed by atoms with Gasteiger partial charge in [0.25, 0.3) is 0 Å². The van der Waals surface area contributed by atoms with Crippen LogP contribution < -0.4 is 10.2 Å². The average molecular weight is 398 g/mol. The lowest BCUT2D eigenvalue weighted by Gasteiger charge is -2.34. The number of anilines is 3. The van der Waals surface area contributed by atoms with Crippen LogP contribution in [0.1, 0.15) is 39.0 Å². The topological polar surface area (TPSA) is 70.6 Å². The van der Waals surface area contributed by atoms with Crippen LogP contribution in [0.2, 0.25) is 0 Å². The third-order valence-electron chi connectivity index (χ3n) is 4.95. The Labute approximate surface area is 173 Å². The highest BCUT2D eigenvalue weighted by molar-refractivity contribution is 5.68. The molecule has 3 rings (SSSR count). The molecule has 0 aliphatic carbocycles. The first kappa shape index (κ1) is 20.9. The van der Waals surface area contributed by atoms with Gasteiger partial charge in [0, 0.05) is 43.6 Å². The molecule has 0 bridgehead atoms. The summed E-state index contributed by atoms with van der Waals surface area (Å²) in [7, 11) is 0. The molecule has 1 aliphatic rings. The molecule has 1 fully saturated rings. The molecular weight excluding hydrogens is 366 g/mol. The normalized spacial score (nSPS) is 14.7. The Bertz CT molecular complexity index is 855. The van der Waals surface area contributed by atoms with Gasteiger partial charge in [-0.2, -0.15) is 4.98 Å². The monoisotopic (exact) mass is 397 g/mol. The third-order valence-corrected chi connectivity index (χ3v) is 4.95. The van der Waals surface area contributed by atoms with Crippen LogP contribution in [0.25, 0.3) is 0 Å². The largest absolute Gasteiger partial charge is 0.450 e. The van der Waals surface area contributed by atoms with E-state index in [1.54, 1.807) is 4.90 Å². The summed E-state index contributed by atoms with van der Waals surface area (Å²) >= 11 is 0. The first-order chi connectivity index (χ1) is 13.8. The molecule has 2 heterocycles. The van der Waals surface area contributed by atoms with E-state index in [-0.39, 0.29) is 11.5 Å². The van der Waals surface area contributed by atoms with Crippen LogP contribution >= 0.6 is 0 Å². The van der Waals surface area contributed by atoms with Crippen LogP contribution in [0.15, 0.2) is 30.3 Å². The predicted octanol–water partition coefficient (Wildman–Crippen LogP) is 4.10. The van der Waals surface area contributed by atoms with E-state index in [0.717, 1.165) is 17.2 Å². The van der Waals surface area contributed by atoms with Crippen LogP contribution in [0.3, 0.4) is 0 Å². The van der Waals surface area contributed by atoms with Crippen molar-refractivity contribution in [3.05, 3.63) is 41.6 Å². The number of nitrogens with zero attached hydrogens (tertiary/aromatic N) is 4. The zero-order valence-electron chi connectivity index (χ0n) is 18.0. The Kier molecular flexibility index (Phi) is 6.25. The third kappa shape index (κ3) is 5.16. The van der Waals surface area contributed by atoms with E-state index in [1.165, 1.54) is 5.56 Å². The maximum Gasteiger partial charge on any atom is 0.409 e. The fourth-order valence-electron chi connectivity index (χ4n) is 3.47. The smallest absolute Gasteiger partial charge is 0.409 e. The Hall–Kier alpha value is -2.83. The van der Waals surface area contributed by atoms with E-state index in [2.05, 4.69) is 54.2 Å². The van der Waals surface area contributed by atoms with Crippen molar-refractivity contribution < 1.29 is 9.53 Å². The summed E-state index contributed by atoms with van der Waals surface area (Å²) in [6.45, 7) is 13.5. The lowest BCUT2D eigenvalue weighted by Crippen LogP contribution is -2.49. The summed E-state index contributed by atoms with van der Waals surface area (Å²) in [4.78, 5) is 25.2. The van der Waals surface area contributed by atoms with Crippen LogP contribution in [0.5, 0.6) is 0 Å². The van der Waals surface area contributed by atoms with Crippen molar-refractivity contribution in [3.63, 3.8) is 0 Å². The highest BCUT2D eigenvalue weighted by Crippen LogP contribution is 2.31. The van der Waals surface area contributed by atoms with Crippen molar-refractivity contribution in [2.24, 2.45) is 0 Å². The summed E-state index contributed by atoms with van der Waals surface area (Å²) < 4.78 is 5.10. The molecule has 1 aromatic heterocycles. The van der Waals surface area contributed by atoms with Gasteiger partial charge in [0.15, 0.2) is 0 Å². The van der Waals surface area contributed by atoms with Gasteiger partial charge in [0.2, 0.25) is 5.95 Å². The highest BCUT2D eigenvalue weighted by atomic mass is 16.6. The number of ether oxygens (including phenoxy) is 1. The van der Waals surface area contributed by atoms with Crippen LogP contribution in [0, 0.1) is 6.92 Å². The minimum absolute atomic E-state index is 0.0136. The van der Waals surface area contributed by atoms with Crippen LogP contribution in [-0.4, -0.2) is 53.7 Å². The van der Waals surface area contributed by atoms with Crippen LogP contribution in [-0.2, 0) is 10.2 Å². The van der Waals surface area contributed by atoms with Gasteiger partial charge >= 0.3 is 6.09 Å². The summed E-state index contributed by atoms with van der Waals surface area (Å²) in [5.41, 5.74) is 3.15. The number of hydrogen-bond acceptors (Lipinski definition) is 6. The molecule has 2 aromatic rings. The molecule has 0 saturated carbocycles. The van der Waals surface area contributed by atoms with E-state index >= 15 is 0 Å². The number of para-hydroxylation sites is 1. The summed E-state index contributed by atoms with van der Waals surface area (Å²) in [6, 6.07) is 10.2. The average Bonchev–Trinajstić information content (AvgIpc) is 2.67. The number of carbonyl (C=O) groups excluding carboxylic acids is 1. The van der Waals surface area contributed by atoms with E-state index in [9.17, 15) is 4.79 Å². The molecule has 1 N–H and O–H groups in total. The number of benzene rings is 1. The molecule has 7 nitrogen and oxygen atoms in total. The first-order valence-electron chi connectivity index (χ1n) is 10.2. The number of piperazine rings is 1. The van der Waals surface area contributed by atoms with Crippen molar-refractivity contribution in [3.8, 4) is 0 Å². The second-order valence-electron chi connectivity index (χ2n) is 8.28. The fourth-order valence-corrected chi connectivity index (χ4v) is 3.47. The number of carbonyl (C=O) groups is 1. The molecule has 1 saturated heterocycles. The maximum atomic E-state index is 11.9. The number of hydrogen-bond donors (Lipinski definition) is 1. The maximum absolute atomic E-state index is 11.9. The molecule has 156 valence electrons. The van der Waals surface area contributed by atoms with Crippen molar-refractivity contribution in [2.45, 2.75) is 40.0 Å². The number of amides is 1. The molecule has 0 radical (unpaired) electrons. The van der Waals surface area contributed by atoms with Gasteiger partial charge in [-0.15, -0.1) is 0 Å². The zero-order valence-corrected chi connectivity index (χ0v) is 18.0. The first-order valence-corrected chi connectivity index (χ1v) is 10.2. The zero-order chi connectivity index (χ0) is 21.0. The fraction of sp³-hybridized carbons (Fsp3) is 0.500. The predicted molar refractivity (Wildman–Crippen MR) is 116 cm³/mol. The molecule has 1 aliphatic heterocycles.